The summed E-state index contributed by atoms with van der Waals surface area (Å²) >= 11 is 0. The van der Waals surface area contributed by atoms with Gasteiger partial charge in [0.15, 0.2) is 0 Å². The maximum atomic E-state index is 13.4. The van der Waals surface area contributed by atoms with Crippen molar-refractivity contribution < 1.29 is 19.1 Å². The molecule has 1 aromatic carbocycles. The Morgan fingerprint density at radius 1 is 1.09 bits per heavy atom. The second kappa shape index (κ2) is 15.6. The van der Waals surface area contributed by atoms with Crippen LogP contribution in [0.3, 0.4) is 0 Å². The summed E-state index contributed by atoms with van der Waals surface area (Å²) in [5, 5.41) is 0. The van der Waals surface area contributed by atoms with Crippen LogP contribution in [0.1, 0.15) is 97.5 Å². The van der Waals surface area contributed by atoms with Crippen LogP contribution in [0.5, 0.6) is 5.75 Å². The number of ether oxygens (including phenoxy) is 2. The summed E-state index contributed by atoms with van der Waals surface area (Å²) < 4.78 is 11.9. The van der Waals surface area contributed by atoms with Gasteiger partial charge < -0.3 is 14.4 Å². The zero-order chi connectivity index (χ0) is 25.6. The minimum absolute atomic E-state index is 0.0167. The molecule has 1 aliphatic rings. The molecule has 1 aliphatic heterocycles. The number of carbonyl (C=O) groups excluding carboxylic acids is 2. The third kappa shape index (κ3) is 10.9. The number of allylic oxidation sites excluding steroid dienone is 1. The maximum absolute atomic E-state index is 13.4. The molecule has 1 aromatic rings. The highest BCUT2D eigenvalue weighted by molar-refractivity contribution is 5.84. The summed E-state index contributed by atoms with van der Waals surface area (Å²) in [6, 6.07) is 7.19. The smallest absolute Gasteiger partial charge is 0.329 e. The highest BCUT2D eigenvalue weighted by Gasteiger charge is 2.30. The molecule has 0 radical (unpaired) electrons. The van der Waals surface area contributed by atoms with E-state index in [1.54, 1.807) is 11.9 Å². The molecular weight excluding hydrogens is 438 g/mol. The number of hydrogen-bond acceptors (Lipinski definition) is 4. The third-order valence-corrected chi connectivity index (χ3v) is 6.96. The van der Waals surface area contributed by atoms with Gasteiger partial charge in [0.05, 0.1) is 0 Å². The summed E-state index contributed by atoms with van der Waals surface area (Å²) in [6.45, 7) is 9.08. The Morgan fingerprint density at radius 2 is 1.83 bits per heavy atom. The molecule has 5 heteroatoms. The lowest BCUT2D eigenvalue weighted by molar-refractivity contribution is -0.159. The van der Waals surface area contributed by atoms with Gasteiger partial charge in [0.2, 0.25) is 5.91 Å². The molecule has 0 bridgehead atoms. The van der Waals surface area contributed by atoms with Gasteiger partial charge in [0, 0.05) is 19.9 Å². The van der Waals surface area contributed by atoms with Crippen LogP contribution >= 0.6 is 0 Å². The molecule has 1 saturated heterocycles. The zero-order valence-corrected chi connectivity index (χ0v) is 22.7. The van der Waals surface area contributed by atoms with Crippen molar-refractivity contribution in [3.05, 3.63) is 41.5 Å². The van der Waals surface area contributed by atoms with E-state index < -0.39 is 6.04 Å². The van der Waals surface area contributed by atoms with Crippen molar-refractivity contribution in [2.24, 2.45) is 5.92 Å². The molecule has 1 amide bonds. The first-order valence-electron chi connectivity index (χ1n) is 13.6. The lowest BCUT2D eigenvalue weighted by atomic mass is 9.95. The fourth-order valence-electron chi connectivity index (χ4n) is 4.49. The number of nitrogens with zero attached hydrogens (tertiary/aromatic N) is 1. The molecule has 1 heterocycles. The highest BCUT2D eigenvalue weighted by atomic mass is 16.5. The third-order valence-electron chi connectivity index (χ3n) is 6.96. The van der Waals surface area contributed by atoms with Gasteiger partial charge in [-0.2, -0.15) is 0 Å². The molecule has 0 unspecified atom stereocenters. The number of benzene rings is 1. The molecule has 1 fully saturated rings. The van der Waals surface area contributed by atoms with E-state index in [0.717, 1.165) is 69.1 Å². The second-order valence-corrected chi connectivity index (χ2v) is 10.4. The van der Waals surface area contributed by atoms with E-state index in [1.165, 1.54) is 5.57 Å². The lowest BCUT2D eigenvalue weighted by Gasteiger charge is -2.29. The Balaban J connectivity index is 2.16. The molecule has 0 aliphatic carbocycles. The number of cyclic esters (lactones) is 1. The molecule has 3 atom stereocenters. The molecule has 5 nitrogen and oxygen atoms in total. The van der Waals surface area contributed by atoms with Gasteiger partial charge in [-0.15, -0.1) is 0 Å². The number of rotatable bonds is 9. The largest absolute Gasteiger partial charge is 0.490 e. The normalized spacial score (nSPS) is 22.4. The Kier molecular flexibility index (Phi) is 12.9. The lowest BCUT2D eigenvalue weighted by Crippen LogP contribution is -2.45. The van der Waals surface area contributed by atoms with Crippen LogP contribution in [-0.4, -0.2) is 42.6 Å². The SMILES string of the molecule is CCCCC[C@H]1CC[C@@H](C)CCCCC(=O)N(C)[C@H](Cc2ccc(OCC=C(C)C)cc2)C(=O)O1. The van der Waals surface area contributed by atoms with Gasteiger partial charge in [-0.3, -0.25) is 4.79 Å². The monoisotopic (exact) mass is 485 g/mol. The first kappa shape index (κ1) is 28.9. The first-order chi connectivity index (χ1) is 16.8. The molecule has 2 rings (SSSR count). The number of esters is 1. The van der Waals surface area contributed by atoms with E-state index in [1.807, 2.05) is 44.2 Å². The summed E-state index contributed by atoms with van der Waals surface area (Å²) in [6.07, 6.45) is 12.1. The van der Waals surface area contributed by atoms with E-state index in [9.17, 15) is 9.59 Å². The standard InChI is InChI=1S/C30H47NO4/c1-6-7-8-12-27-17-14-24(4)11-9-10-13-29(32)31(5)28(30(33)35-27)22-25-15-18-26(19-16-25)34-21-20-23(2)3/h15-16,18-20,24,27-28H,6-14,17,21-22H2,1-5H3/t24-,27-,28+/m0/s1. The van der Waals surface area contributed by atoms with Crippen molar-refractivity contribution in [1.29, 1.82) is 0 Å². The van der Waals surface area contributed by atoms with Gasteiger partial charge in [0.25, 0.3) is 0 Å². The van der Waals surface area contributed by atoms with E-state index in [0.29, 0.717) is 25.4 Å². The molecule has 35 heavy (non-hydrogen) atoms. The van der Waals surface area contributed by atoms with Crippen LogP contribution in [0, 0.1) is 5.92 Å². The number of hydrogen-bond donors (Lipinski definition) is 0. The van der Waals surface area contributed by atoms with Crippen LogP contribution in [0.4, 0.5) is 0 Å². The summed E-state index contributed by atoms with van der Waals surface area (Å²) in [7, 11) is 1.75. The fourth-order valence-corrected chi connectivity index (χ4v) is 4.49. The molecule has 0 saturated carbocycles. The number of likely N-dealkylation sites (N-methyl/N-ethyl adjacent to an activating group) is 1. The van der Waals surface area contributed by atoms with Crippen LogP contribution in [-0.2, 0) is 20.7 Å². The predicted octanol–water partition coefficient (Wildman–Crippen LogP) is 6.88. The topological polar surface area (TPSA) is 55.8 Å². The fraction of sp³-hybridized carbons (Fsp3) is 0.667. The predicted molar refractivity (Wildman–Crippen MR) is 143 cm³/mol. The Bertz CT molecular complexity index is 797. The molecule has 0 N–H and O–H groups in total. The summed E-state index contributed by atoms with van der Waals surface area (Å²) in [5.74, 6) is 1.11. The van der Waals surface area contributed by atoms with Crippen molar-refractivity contribution in [3.8, 4) is 5.75 Å². The quantitative estimate of drug-likeness (QED) is 0.217. The maximum Gasteiger partial charge on any atom is 0.329 e. The second-order valence-electron chi connectivity index (χ2n) is 10.4. The van der Waals surface area contributed by atoms with Crippen LogP contribution in [0.2, 0.25) is 0 Å². The van der Waals surface area contributed by atoms with Gasteiger partial charge in [0.1, 0.15) is 24.5 Å². The van der Waals surface area contributed by atoms with Crippen LogP contribution in [0.15, 0.2) is 35.9 Å². The summed E-state index contributed by atoms with van der Waals surface area (Å²) in [5.41, 5.74) is 2.20. The minimum atomic E-state index is -0.619. The molecular formula is C30H47NO4. The van der Waals surface area contributed by atoms with Crippen molar-refractivity contribution in [3.63, 3.8) is 0 Å². The van der Waals surface area contributed by atoms with Crippen molar-refractivity contribution in [2.75, 3.05) is 13.7 Å². The van der Waals surface area contributed by atoms with Crippen molar-refractivity contribution >= 4 is 11.9 Å². The Morgan fingerprint density at radius 3 is 2.51 bits per heavy atom. The zero-order valence-electron chi connectivity index (χ0n) is 22.7. The van der Waals surface area contributed by atoms with E-state index in [4.69, 9.17) is 9.47 Å². The number of unbranched alkanes of at least 4 members (excludes halogenated alkanes) is 2. The van der Waals surface area contributed by atoms with Crippen LogP contribution < -0.4 is 4.74 Å². The van der Waals surface area contributed by atoms with E-state index >= 15 is 0 Å². The van der Waals surface area contributed by atoms with Gasteiger partial charge >= 0.3 is 5.97 Å². The van der Waals surface area contributed by atoms with Crippen molar-refractivity contribution in [1.82, 2.24) is 4.90 Å². The van der Waals surface area contributed by atoms with Gasteiger partial charge in [-0.1, -0.05) is 57.2 Å². The molecule has 0 aromatic heterocycles. The summed E-state index contributed by atoms with van der Waals surface area (Å²) in [4.78, 5) is 28.0. The first-order valence-corrected chi connectivity index (χ1v) is 13.6. The highest BCUT2D eigenvalue weighted by Crippen LogP contribution is 2.23. The van der Waals surface area contributed by atoms with Crippen LogP contribution in [0.25, 0.3) is 0 Å². The minimum Gasteiger partial charge on any atom is -0.490 e. The average Bonchev–Trinajstić information content (AvgIpc) is 2.83. The Hall–Kier alpha value is -2.30. The number of amides is 1. The molecule has 0 spiro atoms. The van der Waals surface area contributed by atoms with E-state index in [-0.39, 0.29) is 18.0 Å². The average molecular weight is 486 g/mol. The van der Waals surface area contributed by atoms with E-state index in [2.05, 4.69) is 13.8 Å². The van der Waals surface area contributed by atoms with Crippen molar-refractivity contribution in [2.45, 2.75) is 110 Å². The van der Waals surface area contributed by atoms with Gasteiger partial charge in [-0.05, 0) is 75.6 Å². The van der Waals surface area contributed by atoms with Gasteiger partial charge in [-0.25, -0.2) is 4.79 Å². The Labute approximate surface area is 213 Å². The molecule has 196 valence electrons. The number of carbonyl (C=O) groups is 2.